The van der Waals surface area contributed by atoms with E-state index in [1.54, 1.807) is 11.0 Å². The van der Waals surface area contributed by atoms with Gasteiger partial charge in [-0.2, -0.15) is 0 Å². The second kappa shape index (κ2) is 11.5. The van der Waals surface area contributed by atoms with E-state index < -0.39 is 9.96 Å². The Bertz CT molecular complexity index is 868. The first kappa shape index (κ1) is 26.4. The van der Waals surface area contributed by atoms with Crippen molar-refractivity contribution in [2.45, 2.75) is 29.2 Å². The molecular formula is C23H32Cl3N5OS. The summed E-state index contributed by atoms with van der Waals surface area (Å²) in [7, 11) is 6.09. The lowest BCUT2D eigenvalue weighted by molar-refractivity contribution is -0.118. The number of carbonyl (C=O) groups is 1. The first-order chi connectivity index (χ1) is 15.6. The fraction of sp³-hybridized carbons (Fsp3) is 0.565. The summed E-state index contributed by atoms with van der Waals surface area (Å²) in [5, 5.41) is 3.40. The number of rotatable bonds is 6. The molecule has 3 rings (SSSR count). The fourth-order valence-corrected chi connectivity index (χ4v) is 5.15. The van der Waals surface area contributed by atoms with Gasteiger partial charge in [0.2, 0.25) is 9.70 Å². The highest BCUT2D eigenvalue weighted by atomic mass is 35.6. The quantitative estimate of drug-likeness (QED) is 0.335. The summed E-state index contributed by atoms with van der Waals surface area (Å²) in [6, 6.07) is 8.04. The van der Waals surface area contributed by atoms with Crippen molar-refractivity contribution < 1.29 is 4.79 Å². The summed E-state index contributed by atoms with van der Waals surface area (Å²) in [5.41, 5.74) is 2.02. The average Bonchev–Trinajstić information content (AvgIpc) is 2.77. The predicted molar refractivity (Wildman–Crippen MR) is 144 cm³/mol. The van der Waals surface area contributed by atoms with Gasteiger partial charge in [-0.1, -0.05) is 53.0 Å². The number of nitrogens with zero attached hydrogens (tertiary/aromatic N) is 4. The van der Waals surface area contributed by atoms with Gasteiger partial charge in [-0.3, -0.25) is 4.79 Å². The number of benzene rings is 1. The topological polar surface area (TPSA) is 42.1 Å². The number of allylic oxidation sites excluding steroid dienone is 1. The van der Waals surface area contributed by atoms with Crippen molar-refractivity contribution in [1.29, 1.82) is 0 Å². The van der Waals surface area contributed by atoms with Gasteiger partial charge in [-0.25, -0.2) is 0 Å². The van der Waals surface area contributed by atoms with Crippen LogP contribution in [-0.2, 0) is 4.79 Å². The van der Waals surface area contributed by atoms with Crippen molar-refractivity contribution in [3.63, 3.8) is 0 Å². The molecule has 1 aromatic carbocycles. The summed E-state index contributed by atoms with van der Waals surface area (Å²) in [5.74, 6) is 0.0890. The molecule has 0 spiro atoms. The highest BCUT2D eigenvalue weighted by Gasteiger charge is 2.42. The summed E-state index contributed by atoms with van der Waals surface area (Å²) < 4.78 is -1.76. The molecular weight excluding hydrogens is 501 g/mol. The molecule has 1 unspecified atom stereocenters. The number of nitrogens with one attached hydrogen (secondary N) is 1. The normalized spacial score (nSPS) is 19.8. The second-order valence-corrected chi connectivity index (χ2v) is 11.6. The number of likely N-dealkylation sites (tertiary alicyclic amines) is 1. The van der Waals surface area contributed by atoms with Gasteiger partial charge in [0, 0.05) is 27.2 Å². The Morgan fingerprint density at radius 3 is 2.48 bits per heavy atom. The predicted octanol–water partition coefficient (Wildman–Crippen LogP) is 4.26. The van der Waals surface area contributed by atoms with E-state index >= 15 is 0 Å². The van der Waals surface area contributed by atoms with E-state index in [1.165, 1.54) is 0 Å². The van der Waals surface area contributed by atoms with Gasteiger partial charge in [0.05, 0.1) is 11.4 Å². The lowest BCUT2D eigenvalue weighted by atomic mass is 9.97. The second-order valence-electron chi connectivity index (χ2n) is 8.82. The van der Waals surface area contributed by atoms with Gasteiger partial charge in [-0.15, -0.1) is 0 Å². The molecule has 2 fully saturated rings. The van der Waals surface area contributed by atoms with E-state index in [9.17, 15) is 4.79 Å². The van der Waals surface area contributed by atoms with Crippen LogP contribution in [0.3, 0.4) is 0 Å². The molecule has 10 heteroatoms. The Morgan fingerprint density at radius 1 is 1.18 bits per heavy atom. The van der Waals surface area contributed by atoms with Crippen LogP contribution in [0.1, 0.15) is 19.3 Å². The van der Waals surface area contributed by atoms with Crippen molar-refractivity contribution in [2.24, 2.45) is 5.92 Å². The molecule has 0 bridgehead atoms. The number of amides is 1. The summed E-state index contributed by atoms with van der Waals surface area (Å²) in [6.45, 7) is 3.38. The molecule has 2 heterocycles. The minimum Gasteiger partial charge on any atom is -0.376 e. The summed E-state index contributed by atoms with van der Waals surface area (Å²) >= 11 is 24.9. The smallest absolute Gasteiger partial charge is 0.245 e. The molecule has 0 aromatic heterocycles. The third-order valence-corrected chi connectivity index (χ3v) is 7.17. The first-order valence-electron chi connectivity index (χ1n) is 11.2. The van der Waals surface area contributed by atoms with Crippen LogP contribution in [0.15, 0.2) is 36.4 Å². The largest absolute Gasteiger partial charge is 0.376 e. The standard InChI is InChI=1S/C23H32Cl3N5OS/c1-28(2)18-7-4-5-8-19(18)30-13-6-14-31(22(30)33)21(23(24,25)26)27-20(32)10-9-17-11-15-29(3)16-12-17/h4-5,7-10,17,21H,6,11-16H2,1-3H3,(H,27,32)/b10-9+. The maximum atomic E-state index is 12.8. The number of hydrogen-bond donors (Lipinski definition) is 1. The van der Waals surface area contributed by atoms with Gasteiger partial charge in [-0.05, 0) is 75.7 Å². The number of hydrogen-bond acceptors (Lipinski definition) is 4. The van der Waals surface area contributed by atoms with Crippen LogP contribution in [0.4, 0.5) is 11.4 Å². The van der Waals surface area contributed by atoms with E-state index in [0.717, 1.165) is 50.3 Å². The van der Waals surface area contributed by atoms with E-state index in [4.69, 9.17) is 47.0 Å². The Balaban J connectivity index is 1.75. The molecule has 1 N–H and O–H groups in total. The number of anilines is 2. The van der Waals surface area contributed by atoms with E-state index in [-0.39, 0.29) is 5.91 Å². The van der Waals surface area contributed by atoms with Crippen LogP contribution in [0.5, 0.6) is 0 Å². The van der Waals surface area contributed by atoms with E-state index in [2.05, 4.69) is 17.3 Å². The molecule has 0 aliphatic carbocycles. The van der Waals surface area contributed by atoms with E-state index in [0.29, 0.717) is 17.6 Å². The Kier molecular flexibility index (Phi) is 9.15. The minimum atomic E-state index is -1.76. The fourth-order valence-electron chi connectivity index (χ4n) is 4.24. The molecule has 1 amide bonds. The first-order valence-corrected chi connectivity index (χ1v) is 12.7. The van der Waals surface area contributed by atoms with Crippen LogP contribution in [-0.4, -0.2) is 78.1 Å². The highest BCUT2D eigenvalue weighted by molar-refractivity contribution is 7.80. The molecule has 6 nitrogen and oxygen atoms in total. The molecule has 182 valence electrons. The zero-order valence-electron chi connectivity index (χ0n) is 19.3. The summed E-state index contributed by atoms with van der Waals surface area (Å²) in [4.78, 5) is 21.0. The monoisotopic (exact) mass is 531 g/mol. The molecule has 2 aliphatic heterocycles. The van der Waals surface area contributed by atoms with Crippen LogP contribution in [0.2, 0.25) is 0 Å². The van der Waals surface area contributed by atoms with Gasteiger partial charge < -0.3 is 24.9 Å². The molecule has 0 radical (unpaired) electrons. The van der Waals surface area contributed by atoms with Crippen molar-refractivity contribution >= 4 is 69.4 Å². The average molecular weight is 533 g/mol. The van der Waals surface area contributed by atoms with Gasteiger partial charge in [0.1, 0.15) is 0 Å². The minimum absolute atomic E-state index is 0.293. The molecule has 2 aliphatic rings. The summed E-state index contributed by atoms with van der Waals surface area (Å²) in [6.07, 6.45) is 5.51. The number of para-hydroxylation sites is 2. The number of halogens is 3. The number of alkyl halides is 3. The Labute approximate surface area is 217 Å². The van der Waals surface area contributed by atoms with Crippen LogP contribution in [0.25, 0.3) is 0 Å². The van der Waals surface area contributed by atoms with Gasteiger partial charge in [0.15, 0.2) is 11.3 Å². The maximum Gasteiger partial charge on any atom is 0.245 e. The number of thiocarbonyl (C=S) groups is 1. The molecule has 0 saturated carbocycles. The Hall–Kier alpha value is -1.25. The SMILES string of the molecule is CN1CCC(/C=C/C(=O)NC(N2CCCN(c3ccccc3N(C)C)C2=S)C(Cl)(Cl)Cl)CC1. The zero-order valence-corrected chi connectivity index (χ0v) is 22.4. The van der Waals surface area contributed by atoms with Crippen LogP contribution >= 0.6 is 47.0 Å². The number of carbonyl (C=O) groups excluding carboxylic acids is 1. The molecule has 33 heavy (non-hydrogen) atoms. The molecule has 1 aromatic rings. The molecule has 2 saturated heterocycles. The van der Waals surface area contributed by atoms with E-state index in [1.807, 2.05) is 54.2 Å². The number of piperidine rings is 1. The lowest BCUT2D eigenvalue weighted by Gasteiger charge is -2.45. The van der Waals surface area contributed by atoms with Crippen molar-refractivity contribution in [3.8, 4) is 0 Å². The maximum absolute atomic E-state index is 12.8. The van der Waals surface area contributed by atoms with Crippen molar-refractivity contribution in [1.82, 2.24) is 15.1 Å². The van der Waals surface area contributed by atoms with Crippen molar-refractivity contribution in [2.75, 3.05) is 57.1 Å². The third kappa shape index (κ3) is 6.89. The van der Waals surface area contributed by atoms with Gasteiger partial charge >= 0.3 is 0 Å². The van der Waals surface area contributed by atoms with Crippen LogP contribution in [0, 0.1) is 5.92 Å². The molecule has 1 atom stereocenters. The van der Waals surface area contributed by atoms with Gasteiger partial charge in [0.25, 0.3) is 0 Å². The zero-order chi connectivity index (χ0) is 24.2. The van der Waals surface area contributed by atoms with Crippen molar-refractivity contribution in [3.05, 3.63) is 36.4 Å². The van der Waals surface area contributed by atoms with Crippen LogP contribution < -0.4 is 15.1 Å². The highest BCUT2D eigenvalue weighted by Crippen LogP contribution is 2.36. The lowest BCUT2D eigenvalue weighted by Crippen LogP contribution is -2.62. The Morgan fingerprint density at radius 2 is 1.85 bits per heavy atom. The third-order valence-electron chi connectivity index (χ3n) is 6.10.